The SMILES string of the molecule is C[C@@H](C(=O)N1CCN(Cc2ccccc2)CC1)N1CCN(S(=O)(=O)c2ccccc2C#N)CC1. The Morgan fingerprint density at radius 3 is 2.18 bits per heavy atom. The average Bonchev–Trinajstić information content (AvgIpc) is 2.89. The molecule has 2 aliphatic heterocycles. The molecule has 0 radical (unpaired) electrons. The van der Waals surface area contributed by atoms with Gasteiger partial charge in [0.25, 0.3) is 0 Å². The number of benzene rings is 2. The van der Waals surface area contributed by atoms with Gasteiger partial charge in [-0.2, -0.15) is 9.57 Å². The van der Waals surface area contributed by atoms with Crippen molar-refractivity contribution in [1.82, 2.24) is 19.0 Å². The number of carbonyl (C=O) groups excluding carboxylic acids is 1. The molecule has 2 saturated heterocycles. The minimum absolute atomic E-state index is 0.0449. The molecule has 0 unspecified atom stereocenters. The molecular weight excluding hydrogens is 450 g/mol. The number of hydrogen-bond donors (Lipinski definition) is 0. The first kappa shape index (κ1) is 24.4. The number of sulfonamides is 1. The van der Waals surface area contributed by atoms with Crippen molar-refractivity contribution in [1.29, 1.82) is 5.26 Å². The van der Waals surface area contributed by atoms with E-state index in [1.165, 1.54) is 22.0 Å². The average molecular weight is 482 g/mol. The molecule has 2 heterocycles. The Labute approximate surface area is 202 Å². The van der Waals surface area contributed by atoms with Crippen molar-refractivity contribution in [3.63, 3.8) is 0 Å². The zero-order chi connectivity index (χ0) is 24.1. The van der Waals surface area contributed by atoms with Crippen LogP contribution >= 0.6 is 0 Å². The molecule has 1 amide bonds. The normalized spacial score (nSPS) is 19.5. The van der Waals surface area contributed by atoms with Crippen LogP contribution in [0.25, 0.3) is 0 Å². The molecule has 4 rings (SSSR count). The van der Waals surface area contributed by atoms with Crippen LogP contribution in [-0.2, 0) is 21.4 Å². The number of nitriles is 1. The molecule has 2 aliphatic rings. The van der Waals surface area contributed by atoms with E-state index in [-0.39, 0.29) is 22.4 Å². The van der Waals surface area contributed by atoms with Gasteiger partial charge in [0.15, 0.2) is 0 Å². The van der Waals surface area contributed by atoms with Crippen LogP contribution in [0.3, 0.4) is 0 Å². The maximum absolute atomic E-state index is 13.1. The lowest BCUT2D eigenvalue weighted by Crippen LogP contribution is -2.57. The van der Waals surface area contributed by atoms with E-state index in [9.17, 15) is 18.5 Å². The van der Waals surface area contributed by atoms with Crippen molar-refractivity contribution in [2.45, 2.75) is 24.4 Å². The molecule has 2 aromatic rings. The molecule has 0 saturated carbocycles. The highest BCUT2D eigenvalue weighted by atomic mass is 32.2. The first-order valence-electron chi connectivity index (χ1n) is 11.7. The minimum atomic E-state index is -3.74. The number of piperazine rings is 2. The lowest BCUT2D eigenvalue weighted by atomic mass is 10.1. The number of rotatable bonds is 6. The van der Waals surface area contributed by atoms with Crippen molar-refractivity contribution in [2.24, 2.45) is 0 Å². The molecule has 34 heavy (non-hydrogen) atoms. The number of hydrogen-bond acceptors (Lipinski definition) is 6. The van der Waals surface area contributed by atoms with Gasteiger partial charge in [0.2, 0.25) is 15.9 Å². The van der Waals surface area contributed by atoms with Crippen LogP contribution in [0.2, 0.25) is 0 Å². The summed E-state index contributed by atoms with van der Waals surface area (Å²) in [6.07, 6.45) is 0. The lowest BCUT2D eigenvalue weighted by Gasteiger charge is -2.40. The van der Waals surface area contributed by atoms with Gasteiger partial charge in [0, 0.05) is 58.9 Å². The Balaban J connectivity index is 1.29. The molecule has 0 aromatic heterocycles. The number of nitrogens with zero attached hydrogens (tertiary/aromatic N) is 5. The molecule has 0 spiro atoms. The second kappa shape index (κ2) is 10.7. The van der Waals surface area contributed by atoms with Gasteiger partial charge in [-0.05, 0) is 24.6 Å². The summed E-state index contributed by atoms with van der Waals surface area (Å²) in [5, 5.41) is 9.28. The van der Waals surface area contributed by atoms with Gasteiger partial charge in [-0.15, -0.1) is 0 Å². The lowest BCUT2D eigenvalue weighted by molar-refractivity contribution is -0.138. The summed E-state index contributed by atoms with van der Waals surface area (Å²) >= 11 is 0. The quantitative estimate of drug-likeness (QED) is 0.623. The smallest absolute Gasteiger partial charge is 0.244 e. The van der Waals surface area contributed by atoms with Gasteiger partial charge >= 0.3 is 0 Å². The highest BCUT2D eigenvalue weighted by molar-refractivity contribution is 7.89. The van der Waals surface area contributed by atoms with Gasteiger partial charge in [0.05, 0.1) is 16.5 Å². The van der Waals surface area contributed by atoms with E-state index in [4.69, 9.17) is 0 Å². The molecule has 2 fully saturated rings. The fraction of sp³-hybridized carbons (Fsp3) is 0.440. The van der Waals surface area contributed by atoms with E-state index in [1.807, 2.05) is 36.1 Å². The zero-order valence-electron chi connectivity index (χ0n) is 19.5. The van der Waals surface area contributed by atoms with Crippen LogP contribution in [0.1, 0.15) is 18.1 Å². The van der Waals surface area contributed by atoms with Crippen molar-refractivity contribution in [2.75, 3.05) is 52.4 Å². The fourth-order valence-corrected chi connectivity index (χ4v) is 6.21. The Bertz CT molecular complexity index is 1130. The second-order valence-electron chi connectivity index (χ2n) is 8.81. The monoisotopic (exact) mass is 481 g/mol. The molecular formula is C25H31N5O3S. The molecule has 2 aromatic carbocycles. The van der Waals surface area contributed by atoms with Gasteiger partial charge < -0.3 is 4.90 Å². The van der Waals surface area contributed by atoms with Crippen molar-refractivity contribution in [3.05, 3.63) is 65.7 Å². The van der Waals surface area contributed by atoms with Gasteiger partial charge in [-0.3, -0.25) is 14.6 Å². The van der Waals surface area contributed by atoms with Gasteiger partial charge in [0.1, 0.15) is 6.07 Å². The number of carbonyl (C=O) groups is 1. The third kappa shape index (κ3) is 5.31. The third-order valence-corrected chi connectivity index (χ3v) is 8.69. The van der Waals surface area contributed by atoms with E-state index < -0.39 is 10.0 Å². The topological polar surface area (TPSA) is 88.0 Å². The van der Waals surface area contributed by atoms with E-state index in [1.54, 1.807) is 12.1 Å². The van der Waals surface area contributed by atoms with Gasteiger partial charge in [-0.1, -0.05) is 42.5 Å². The second-order valence-corrected chi connectivity index (χ2v) is 10.7. The molecule has 0 aliphatic carbocycles. The molecule has 180 valence electrons. The summed E-state index contributed by atoms with van der Waals surface area (Å²) in [6, 6.07) is 18.3. The van der Waals surface area contributed by atoms with E-state index in [2.05, 4.69) is 21.9 Å². The zero-order valence-corrected chi connectivity index (χ0v) is 20.3. The molecule has 1 atom stereocenters. The van der Waals surface area contributed by atoms with E-state index in [0.717, 1.165) is 19.6 Å². The van der Waals surface area contributed by atoms with Gasteiger partial charge in [-0.25, -0.2) is 8.42 Å². The van der Waals surface area contributed by atoms with Crippen LogP contribution < -0.4 is 0 Å². The highest BCUT2D eigenvalue weighted by Crippen LogP contribution is 2.22. The van der Waals surface area contributed by atoms with Crippen molar-refractivity contribution < 1.29 is 13.2 Å². The predicted octanol–water partition coefficient (Wildman–Crippen LogP) is 1.60. The van der Waals surface area contributed by atoms with Crippen LogP contribution in [0.5, 0.6) is 0 Å². The summed E-state index contributed by atoms with van der Waals surface area (Å²) < 4.78 is 27.5. The third-order valence-electron chi connectivity index (χ3n) is 6.74. The summed E-state index contributed by atoms with van der Waals surface area (Å²) in [5.41, 5.74) is 1.43. The summed E-state index contributed by atoms with van der Waals surface area (Å²) in [6.45, 7) is 7.45. The van der Waals surface area contributed by atoms with Crippen molar-refractivity contribution in [3.8, 4) is 6.07 Å². The first-order chi connectivity index (χ1) is 16.4. The van der Waals surface area contributed by atoms with Crippen molar-refractivity contribution >= 4 is 15.9 Å². The Morgan fingerprint density at radius 2 is 1.53 bits per heavy atom. The van der Waals surface area contributed by atoms with Crippen LogP contribution in [0.15, 0.2) is 59.5 Å². The van der Waals surface area contributed by atoms with Crippen LogP contribution in [-0.4, -0.2) is 91.7 Å². The van der Waals surface area contributed by atoms with Crippen LogP contribution in [0, 0.1) is 11.3 Å². The fourth-order valence-electron chi connectivity index (χ4n) is 4.64. The van der Waals surface area contributed by atoms with E-state index >= 15 is 0 Å². The summed E-state index contributed by atoms with van der Waals surface area (Å²) in [7, 11) is -3.74. The molecule has 0 bridgehead atoms. The summed E-state index contributed by atoms with van der Waals surface area (Å²) in [5.74, 6) is 0.102. The molecule has 8 nitrogen and oxygen atoms in total. The predicted molar refractivity (Wildman–Crippen MR) is 129 cm³/mol. The minimum Gasteiger partial charge on any atom is -0.339 e. The Hall–Kier alpha value is -2.77. The first-order valence-corrected chi connectivity index (χ1v) is 13.1. The largest absolute Gasteiger partial charge is 0.339 e. The Kier molecular flexibility index (Phi) is 7.63. The maximum Gasteiger partial charge on any atom is 0.244 e. The van der Waals surface area contributed by atoms with E-state index in [0.29, 0.717) is 39.3 Å². The summed E-state index contributed by atoms with van der Waals surface area (Å²) in [4.78, 5) is 19.5. The standard InChI is InChI=1S/C25H31N5O3S/c1-21(25(31)29-13-11-27(12-14-29)20-22-7-3-2-4-8-22)28-15-17-30(18-16-28)34(32,33)24-10-6-5-9-23(24)19-26/h2-10,21H,11-18,20H2,1H3/t21-/m0/s1. The Morgan fingerprint density at radius 1 is 0.912 bits per heavy atom. The molecule has 0 N–H and O–H groups in total. The number of amides is 1. The molecule has 9 heteroatoms. The maximum atomic E-state index is 13.1. The van der Waals surface area contributed by atoms with Crippen LogP contribution in [0.4, 0.5) is 0 Å². The highest BCUT2D eigenvalue weighted by Gasteiger charge is 2.34.